The van der Waals surface area contributed by atoms with Crippen molar-refractivity contribution >= 4 is 40.3 Å². The van der Waals surface area contributed by atoms with Crippen molar-refractivity contribution in [2.45, 2.75) is 6.92 Å². The molecular weight excluding hydrogens is 374 g/mol. The molecule has 2 heterocycles. The standard InChI is InChI=1S/C21H22ClN5O/c1-15-6-7-16(22)12-18(15)26-21-13-20(23-14-24-21)25-17-4-2-3-5-19(17)27-8-10-28-11-9-27/h2-7,12-14H,8-11H2,1H3,(H2,23,24,25,26). The number of aromatic nitrogens is 2. The Morgan fingerprint density at radius 3 is 2.43 bits per heavy atom. The number of nitrogens with one attached hydrogen (secondary N) is 2. The number of ether oxygens (including phenoxy) is 1. The number of aryl methyl sites for hydroxylation is 1. The highest BCUT2D eigenvalue weighted by Crippen LogP contribution is 2.30. The molecule has 2 aromatic carbocycles. The molecule has 144 valence electrons. The highest BCUT2D eigenvalue weighted by Gasteiger charge is 2.15. The second-order valence-electron chi connectivity index (χ2n) is 6.61. The van der Waals surface area contributed by atoms with Crippen LogP contribution in [0.15, 0.2) is 54.9 Å². The largest absolute Gasteiger partial charge is 0.378 e. The van der Waals surface area contributed by atoms with E-state index in [1.807, 2.05) is 43.3 Å². The van der Waals surface area contributed by atoms with Gasteiger partial charge in [0.15, 0.2) is 0 Å². The Kier molecular flexibility index (Phi) is 5.60. The number of nitrogens with zero attached hydrogens (tertiary/aromatic N) is 3. The summed E-state index contributed by atoms with van der Waals surface area (Å²) in [5, 5.41) is 7.42. The number of benzene rings is 2. The van der Waals surface area contributed by atoms with Gasteiger partial charge in [0.05, 0.1) is 24.6 Å². The van der Waals surface area contributed by atoms with Crippen molar-refractivity contribution in [3.8, 4) is 0 Å². The van der Waals surface area contributed by atoms with Crippen LogP contribution in [-0.2, 0) is 4.74 Å². The minimum atomic E-state index is 0.681. The highest BCUT2D eigenvalue weighted by atomic mass is 35.5. The number of hydrogen-bond acceptors (Lipinski definition) is 6. The van der Waals surface area contributed by atoms with E-state index in [0.717, 1.165) is 54.7 Å². The molecule has 1 aliphatic rings. The van der Waals surface area contributed by atoms with Gasteiger partial charge < -0.3 is 20.3 Å². The molecule has 0 saturated carbocycles. The summed E-state index contributed by atoms with van der Waals surface area (Å²) < 4.78 is 5.47. The Labute approximate surface area is 169 Å². The number of anilines is 5. The van der Waals surface area contributed by atoms with Gasteiger partial charge in [0.2, 0.25) is 0 Å². The van der Waals surface area contributed by atoms with Crippen LogP contribution in [0.1, 0.15) is 5.56 Å². The van der Waals surface area contributed by atoms with Crippen molar-refractivity contribution in [2.75, 3.05) is 41.8 Å². The van der Waals surface area contributed by atoms with Crippen LogP contribution in [-0.4, -0.2) is 36.3 Å². The van der Waals surface area contributed by atoms with Crippen molar-refractivity contribution in [1.82, 2.24) is 9.97 Å². The minimum absolute atomic E-state index is 0.681. The van der Waals surface area contributed by atoms with Gasteiger partial charge in [0.25, 0.3) is 0 Å². The summed E-state index contributed by atoms with van der Waals surface area (Å²) in [6, 6.07) is 15.9. The summed E-state index contributed by atoms with van der Waals surface area (Å²) in [7, 11) is 0. The third-order valence-electron chi connectivity index (χ3n) is 4.65. The van der Waals surface area contributed by atoms with Gasteiger partial charge >= 0.3 is 0 Å². The molecule has 0 spiro atoms. The fourth-order valence-electron chi connectivity index (χ4n) is 3.16. The summed E-state index contributed by atoms with van der Waals surface area (Å²) in [5.74, 6) is 1.42. The molecule has 0 aliphatic carbocycles. The molecule has 2 N–H and O–H groups in total. The Balaban J connectivity index is 1.55. The summed E-state index contributed by atoms with van der Waals surface area (Å²) in [6.07, 6.45) is 1.54. The number of rotatable bonds is 5. The van der Waals surface area contributed by atoms with E-state index in [9.17, 15) is 0 Å². The summed E-state index contributed by atoms with van der Waals surface area (Å²) in [6.45, 7) is 5.27. The number of morpholine rings is 1. The lowest BCUT2D eigenvalue weighted by molar-refractivity contribution is 0.123. The van der Waals surface area contributed by atoms with Gasteiger partial charge in [-0.2, -0.15) is 0 Å². The fraction of sp³-hybridized carbons (Fsp3) is 0.238. The molecule has 1 aromatic heterocycles. The number of para-hydroxylation sites is 2. The van der Waals surface area contributed by atoms with Crippen LogP contribution in [0, 0.1) is 6.92 Å². The monoisotopic (exact) mass is 395 g/mol. The normalized spacial score (nSPS) is 14.0. The number of halogens is 1. The molecule has 0 radical (unpaired) electrons. The van der Waals surface area contributed by atoms with Gasteiger partial charge in [0, 0.05) is 29.9 Å². The Hall–Kier alpha value is -2.83. The van der Waals surface area contributed by atoms with Gasteiger partial charge in [-0.15, -0.1) is 0 Å². The van der Waals surface area contributed by atoms with E-state index in [-0.39, 0.29) is 0 Å². The Morgan fingerprint density at radius 1 is 0.929 bits per heavy atom. The Morgan fingerprint density at radius 2 is 1.64 bits per heavy atom. The van der Waals surface area contributed by atoms with Gasteiger partial charge in [-0.3, -0.25) is 0 Å². The first-order valence-corrected chi connectivity index (χ1v) is 9.61. The van der Waals surface area contributed by atoms with Crippen molar-refractivity contribution in [3.63, 3.8) is 0 Å². The molecule has 0 atom stereocenters. The fourth-order valence-corrected chi connectivity index (χ4v) is 3.33. The van der Waals surface area contributed by atoms with Crippen LogP contribution in [0.5, 0.6) is 0 Å². The second kappa shape index (κ2) is 8.46. The zero-order valence-corrected chi connectivity index (χ0v) is 16.4. The molecule has 6 nitrogen and oxygen atoms in total. The first kappa shape index (κ1) is 18.5. The molecule has 1 fully saturated rings. The van der Waals surface area contributed by atoms with E-state index in [4.69, 9.17) is 16.3 Å². The summed E-state index contributed by atoms with van der Waals surface area (Å²) in [5.41, 5.74) is 4.17. The van der Waals surface area contributed by atoms with Crippen LogP contribution in [0.3, 0.4) is 0 Å². The molecule has 1 saturated heterocycles. The van der Waals surface area contributed by atoms with Crippen molar-refractivity contribution < 1.29 is 4.74 Å². The van der Waals surface area contributed by atoms with Crippen LogP contribution >= 0.6 is 11.6 Å². The van der Waals surface area contributed by atoms with Crippen LogP contribution in [0.2, 0.25) is 5.02 Å². The average Bonchev–Trinajstić information content (AvgIpc) is 2.72. The van der Waals surface area contributed by atoms with Crippen LogP contribution < -0.4 is 15.5 Å². The summed E-state index contributed by atoms with van der Waals surface area (Å²) in [4.78, 5) is 11.0. The highest BCUT2D eigenvalue weighted by molar-refractivity contribution is 6.30. The van der Waals surface area contributed by atoms with E-state index < -0.39 is 0 Å². The molecule has 0 amide bonds. The van der Waals surface area contributed by atoms with Crippen molar-refractivity contribution in [3.05, 3.63) is 65.4 Å². The maximum atomic E-state index is 6.11. The predicted molar refractivity (Wildman–Crippen MR) is 114 cm³/mol. The first-order chi connectivity index (χ1) is 13.7. The third-order valence-corrected chi connectivity index (χ3v) is 4.88. The molecule has 7 heteroatoms. The van der Waals surface area contributed by atoms with E-state index in [0.29, 0.717) is 10.8 Å². The number of hydrogen-bond donors (Lipinski definition) is 2. The Bertz CT molecular complexity index is 959. The van der Waals surface area contributed by atoms with Gasteiger partial charge in [-0.25, -0.2) is 9.97 Å². The molecule has 28 heavy (non-hydrogen) atoms. The molecule has 1 aliphatic heterocycles. The van der Waals surface area contributed by atoms with Gasteiger partial charge in [-0.1, -0.05) is 29.8 Å². The first-order valence-electron chi connectivity index (χ1n) is 9.23. The van der Waals surface area contributed by atoms with Crippen LogP contribution in [0.4, 0.5) is 28.7 Å². The van der Waals surface area contributed by atoms with Crippen LogP contribution in [0.25, 0.3) is 0 Å². The van der Waals surface area contributed by atoms with E-state index in [1.54, 1.807) is 6.33 Å². The lowest BCUT2D eigenvalue weighted by Gasteiger charge is -2.30. The molecule has 0 unspecified atom stereocenters. The van der Waals surface area contributed by atoms with Crippen molar-refractivity contribution in [1.29, 1.82) is 0 Å². The van der Waals surface area contributed by atoms with Gasteiger partial charge in [-0.05, 0) is 36.8 Å². The smallest absolute Gasteiger partial charge is 0.135 e. The topological polar surface area (TPSA) is 62.3 Å². The maximum absolute atomic E-state index is 6.11. The molecule has 0 bridgehead atoms. The third kappa shape index (κ3) is 4.35. The zero-order valence-electron chi connectivity index (χ0n) is 15.7. The van der Waals surface area contributed by atoms with Crippen molar-refractivity contribution in [2.24, 2.45) is 0 Å². The second-order valence-corrected chi connectivity index (χ2v) is 7.05. The molecule has 4 rings (SSSR count). The summed E-state index contributed by atoms with van der Waals surface area (Å²) >= 11 is 6.11. The predicted octanol–water partition coefficient (Wildman–Crippen LogP) is 4.76. The average molecular weight is 396 g/mol. The van der Waals surface area contributed by atoms with E-state index >= 15 is 0 Å². The van der Waals surface area contributed by atoms with E-state index in [2.05, 4.69) is 37.6 Å². The quantitative estimate of drug-likeness (QED) is 0.649. The molecule has 3 aromatic rings. The molecular formula is C21H22ClN5O. The zero-order chi connectivity index (χ0) is 19.3. The lowest BCUT2D eigenvalue weighted by atomic mass is 10.2. The van der Waals surface area contributed by atoms with E-state index in [1.165, 1.54) is 0 Å². The SMILES string of the molecule is Cc1ccc(Cl)cc1Nc1cc(Nc2ccccc2N2CCOCC2)ncn1. The van der Waals surface area contributed by atoms with Gasteiger partial charge in [0.1, 0.15) is 18.0 Å². The lowest BCUT2D eigenvalue weighted by Crippen LogP contribution is -2.36. The minimum Gasteiger partial charge on any atom is -0.378 e. The maximum Gasteiger partial charge on any atom is 0.135 e.